The van der Waals surface area contributed by atoms with E-state index >= 15 is 0 Å². The van der Waals surface area contributed by atoms with E-state index in [4.69, 9.17) is 4.74 Å². The van der Waals surface area contributed by atoms with Crippen LogP contribution >= 0.6 is 0 Å². The van der Waals surface area contributed by atoms with Crippen LogP contribution < -0.4 is 5.32 Å². The Labute approximate surface area is 129 Å². The van der Waals surface area contributed by atoms with Crippen LogP contribution in [-0.4, -0.2) is 41.8 Å². The number of carbonyl (C=O) groups is 1. The van der Waals surface area contributed by atoms with Gasteiger partial charge in [-0.3, -0.25) is 0 Å². The van der Waals surface area contributed by atoms with Gasteiger partial charge in [-0.05, 0) is 51.9 Å². The fourth-order valence-corrected chi connectivity index (χ4v) is 3.67. The number of ether oxygens (including phenoxy) is 1. The first kappa shape index (κ1) is 16.6. The third-order valence-corrected chi connectivity index (χ3v) is 4.81. The summed E-state index contributed by atoms with van der Waals surface area (Å²) < 4.78 is 5.46. The maximum atomic E-state index is 12.1. The molecule has 0 aromatic heterocycles. The number of hydrogen-bond acceptors (Lipinski definition) is 3. The normalized spacial score (nSPS) is 34.0. The molecule has 4 nitrogen and oxygen atoms in total. The number of hydrogen-bond donors (Lipinski definition) is 1. The number of likely N-dealkylation sites (tertiary alicyclic amines) is 1. The van der Waals surface area contributed by atoms with Crippen molar-refractivity contribution in [3.05, 3.63) is 0 Å². The van der Waals surface area contributed by atoms with Crippen molar-refractivity contribution in [1.29, 1.82) is 0 Å². The largest absolute Gasteiger partial charge is 0.444 e. The van der Waals surface area contributed by atoms with Crippen LogP contribution in [-0.2, 0) is 4.74 Å². The van der Waals surface area contributed by atoms with Gasteiger partial charge in [0.05, 0.1) is 0 Å². The van der Waals surface area contributed by atoms with Gasteiger partial charge in [-0.25, -0.2) is 4.79 Å². The van der Waals surface area contributed by atoms with E-state index in [1.54, 1.807) is 0 Å². The Morgan fingerprint density at radius 1 is 1.14 bits per heavy atom. The second-order valence-corrected chi connectivity index (χ2v) is 7.99. The molecule has 1 N–H and O–H groups in total. The average molecular weight is 296 g/mol. The van der Waals surface area contributed by atoms with Gasteiger partial charge in [-0.1, -0.05) is 20.3 Å². The molecule has 122 valence electrons. The fraction of sp³-hybridized carbons (Fsp3) is 0.941. The highest BCUT2D eigenvalue weighted by Gasteiger charge is 2.34. The molecular formula is C17H32N2O2. The zero-order chi connectivity index (χ0) is 15.6. The minimum absolute atomic E-state index is 0.170. The van der Waals surface area contributed by atoms with Crippen molar-refractivity contribution in [2.75, 3.05) is 13.1 Å². The van der Waals surface area contributed by atoms with Gasteiger partial charge in [0.2, 0.25) is 0 Å². The highest BCUT2D eigenvalue weighted by molar-refractivity contribution is 5.68. The summed E-state index contributed by atoms with van der Waals surface area (Å²) >= 11 is 0. The smallest absolute Gasteiger partial charge is 0.410 e. The highest BCUT2D eigenvalue weighted by atomic mass is 16.6. The predicted molar refractivity (Wildman–Crippen MR) is 85.3 cm³/mol. The van der Waals surface area contributed by atoms with Crippen LogP contribution in [0.25, 0.3) is 0 Å². The Balaban J connectivity index is 1.83. The third kappa shape index (κ3) is 4.60. The number of rotatable bonds is 2. The monoisotopic (exact) mass is 296 g/mol. The van der Waals surface area contributed by atoms with E-state index in [0.717, 1.165) is 31.3 Å². The molecule has 0 radical (unpaired) electrons. The number of nitrogens with one attached hydrogen (secondary N) is 1. The lowest BCUT2D eigenvalue weighted by molar-refractivity contribution is 0.0289. The lowest BCUT2D eigenvalue weighted by Gasteiger charge is -2.37. The van der Waals surface area contributed by atoms with Crippen LogP contribution in [0, 0.1) is 11.8 Å². The average Bonchev–Trinajstić information content (AvgIpc) is 2.80. The zero-order valence-corrected chi connectivity index (χ0v) is 14.3. The first-order valence-corrected chi connectivity index (χ1v) is 8.50. The van der Waals surface area contributed by atoms with E-state index in [2.05, 4.69) is 19.2 Å². The van der Waals surface area contributed by atoms with E-state index in [-0.39, 0.29) is 6.09 Å². The van der Waals surface area contributed by atoms with Gasteiger partial charge in [0.25, 0.3) is 0 Å². The van der Waals surface area contributed by atoms with Crippen LogP contribution in [0.15, 0.2) is 0 Å². The van der Waals surface area contributed by atoms with Crippen LogP contribution in [0.5, 0.6) is 0 Å². The topological polar surface area (TPSA) is 41.6 Å². The van der Waals surface area contributed by atoms with Crippen molar-refractivity contribution in [1.82, 2.24) is 10.2 Å². The molecule has 1 amide bonds. The summed E-state index contributed by atoms with van der Waals surface area (Å²) in [6, 6.07) is 1.02. The Kier molecular flexibility index (Phi) is 5.18. The molecule has 2 aliphatic rings. The predicted octanol–water partition coefficient (Wildman–Crippen LogP) is 3.41. The van der Waals surface area contributed by atoms with Gasteiger partial charge in [0.15, 0.2) is 0 Å². The van der Waals surface area contributed by atoms with Gasteiger partial charge in [-0.15, -0.1) is 0 Å². The van der Waals surface area contributed by atoms with Crippen molar-refractivity contribution in [2.45, 2.75) is 78.0 Å². The number of amides is 1. The molecule has 0 spiro atoms. The molecule has 21 heavy (non-hydrogen) atoms. The molecule has 3 atom stereocenters. The van der Waals surface area contributed by atoms with Gasteiger partial charge >= 0.3 is 6.09 Å². The molecule has 1 saturated carbocycles. The maximum Gasteiger partial charge on any atom is 0.410 e. The number of carbonyl (C=O) groups excluding carboxylic acids is 1. The molecule has 3 unspecified atom stereocenters. The van der Waals surface area contributed by atoms with Gasteiger partial charge in [0, 0.05) is 25.2 Å². The second kappa shape index (κ2) is 6.55. The van der Waals surface area contributed by atoms with E-state index in [1.165, 1.54) is 19.3 Å². The Bertz CT molecular complexity index is 354. The minimum atomic E-state index is -0.408. The molecular weight excluding hydrogens is 264 g/mol. The molecule has 0 aromatic carbocycles. The summed E-state index contributed by atoms with van der Waals surface area (Å²) in [5, 5.41) is 3.82. The molecule has 0 aromatic rings. The van der Waals surface area contributed by atoms with Crippen molar-refractivity contribution in [2.24, 2.45) is 11.8 Å². The Morgan fingerprint density at radius 3 is 2.33 bits per heavy atom. The SMILES string of the molecule is CC1CCCC(C)C1NC1CCN(C(=O)OC(C)(C)C)C1. The fourth-order valence-electron chi connectivity index (χ4n) is 3.67. The molecule has 1 saturated heterocycles. The Morgan fingerprint density at radius 2 is 1.76 bits per heavy atom. The second-order valence-electron chi connectivity index (χ2n) is 7.99. The van der Waals surface area contributed by atoms with Gasteiger partial charge < -0.3 is 15.0 Å². The lowest BCUT2D eigenvalue weighted by Crippen LogP contribution is -2.49. The standard InChI is InChI=1S/C17H32N2O2/c1-12-7-6-8-13(2)15(12)18-14-9-10-19(11-14)16(20)21-17(3,4)5/h12-15,18H,6-11H2,1-5H3. The molecule has 2 rings (SSSR count). The van der Waals surface area contributed by atoms with E-state index in [1.807, 2.05) is 25.7 Å². The molecule has 0 bridgehead atoms. The molecule has 4 heteroatoms. The summed E-state index contributed by atoms with van der Waals surface area (Å²) in [6.07, 6.45) is 4.87. The van der Waals surface area contributed by atoms with Crippen LogP contribution in [0.1, 0.15) is 60.3 Å². The van der Waals surface area contributed by atoms with Crippen LogP contribution in [0.4, 0.5) is 4.79 Å². The minimum Gasteiger partial charge on any atom is -0.444 e. The summed E-state index contributed by atoms with van der Waals surface area (Å²) in [6.45, 7) is 12.1. The molecule has 1 heterocycles. The van der Waals surface area contributed by atoms with Crippen molar-refractivity contribution < 1.29 is 9.53 Å². The molecule has 1 aliphatic carbocycles. The third-order valence-electron chi connectivity index (χ3n) is 4.81. The van der Waals surface area contributed by atoms with E-state index in [9.17, 15) is 4.79 Å². The van der Waals surface area contributed by atoms with E-state index < -0.39 is 5.60 Å². The highest BCUT2D eigenvalue weighted by Crippen LogP contribution is 2.30. The summed E-state index contributed by atoms with van der Waals surface area (Å²) in [5.74, 6) is 1.48. The van der Waals surface area contributed by atoms with Gasteiger partial charge in [-0.2, -0.15) is 0 Å². The van der Waals surface area contributed by atoms with E-state index in [0.29, 0.717) is 12.1 Å². The first-order chi connectivity index (χ1) is 9.76. The maximum absolute atomic E-state index is 12.1. The summed E-state index contributed by atoms with van der Waals surface area (Å²) in [4.78, 5) is 14.0. The molecule has 1 aliphatic heterocycles. The Hall–Kier alpha value is -0.770. The quantitative estimate of drug-likeness (QED) is 0.849. The first-order valence-electron chi connectivity index (χ1n) is 8.50. The lowest BCUT2D eigenvalue weighted by atomic mass is 9.78. The zero-order valence-electron chi connectivity index (χ0n) is 14.3. The van der Waals surface area contributed by atoms with Crippen molar-refractivity contribution >= 4 is 6.09 Å². The van der Waals surface area contributed by atoms with Crippen LogP contribution in [0.3, 0.4) is 0 Å². The molecule has 2 fully saturated rings. The number of nitrogens with zero attached hydrogens (tertiary/aromatic N) is 1. The van der Waals surface area contributed by atoms with Crippen LogP contribution in [0.2, 0.25) is 0 Å². The van der Waals surface area contributed by atoms with Gasteiger partial charge in [0.1, 0.15) is 5.60 Å². The summed E-state index contributed by atoms with van der Waals surface area (Å²) in [5.41, 5.74) is -0.408. The van der Waals surface area contributed by atoms with Crippen molar-refractivity contribution in [3.63, 3.8) is 0 Å². The van der Waals surface area contributed by atoms with Crippen molar-refractivity contribution in [3.8, 4) is 0 Å². The summed E-state index contributed by atoms with van der Waals surface area (Å²) in [7, 11) is 0.